The minimum Gasteiger partial charge on any atom is -0.480 e. The van der Waals surface area contributed by atoms with Gasteiger partial charge in [0.1, 0.15) is 6.04 Å². The lowest BCUT2D eigenvalue weighted by atomic mass is 9.90. The topological polar surface area (TPSA) is 49.3 Å². The summed E-state index contributed by atoms with van der Waals surface area (Å²) < 4.78 is 0. The van der Waals surface area contributed by atoms with Crippen LogP contribution >= 0.6 is 0 Å². The lowest BCUT2D eigenvalue weighted by Crippen LogP contribution is -2.34. The summed E-state index contributed by atoms with van der Waals surface area (Å²) in [7, 11) is 0. The molecule has 0 spiro atoms. The summed E-state index contributed by atoms with van der Waals surface area (Å²) in [5, 5.41) is 12.2. The lowest BCUT2D eigenvalue weighted by Gasteiger charge is -2.16. The molecular formula is C14H17NO2. The van der Waals surface area contributed by atoms with Crippen molar-refractivity contribution in [3.63, 3.8) is 0 Å². The predicted molar refractivity (Wildman–Crippen MR) is 65.2 cm³/mol. The smallest absolute Gasteiger partial charge is 0.321 e. The van der Waals surface area contributed by atoms with Gasteiger partial charge in [-0.3, -0.25) is 4.79 Å². The Morgan fingerprint density at radius 3 is 2.71 bits per heavy atom. The van der Waals surface area contributed by atoms with Crippen molar-refractivity contribution >= 4 is 5.97 Å². The monoisotopic (exact) mass is 231 g/mol. The molecule has 1 saturated carbocycles. The molecule has 0 aromatic heterocycles. The number of carbonyl (C=O) groups is 1. The Kier molecular flexibility index (Phi) is 2.63. The predicted octanol–water partition coefficient (Wildman–Crippen LogP) is 2.09. The van der Waals surface area contributed by atoms with E-state index in [0.29, 0.717) is 0 Å². The first kappa shape index (κ1) is 10.8. The minimum atomic E-state index is -0.732. The quantitative estimate of drug-likeness (QED) is 0.837. The zero-order valence-corrected chi connectivity index (χ0v) is 9.73. The van der Waals surface area contributed by atoms with E-state index in [4.69, 9.17) is 0 Å². The molecule has 2 fully saturated rings. The molecule has 1 aliphatic carbocycles. The summed E-state index contributed by atoms with van der Waals surface area (Å²) in [6.07, 6.45) is 3.49. The molecule has 3 nitrogen and oxygen atoms in total. The summed E-state index contributed by atoms with van der Waals surface area (Å²) in [5.74, 6) is 0.128. The van der Waals surface area contributed by atoms with Crippen molar-refractivity contribution in [1.29, 1.82) is 0 Å². The van der Waals surface area contributed by atoms with Crippen molar-refractivity contribution in [2.75, 3.05) is 6.54 Å². The Morgan fingerprint density at radius 2 is 2.00 bits per heavy atom. The van der Waals surface area contributed by atoms with E-state index in [-0.39, 0.29) is 5.92 Å². The first-order chi connectivity index (χ1) is 8.25. The van der Waals surface area contributed by atoms with Gasteiger partial charge < -0.3 is 10.4 Å². The summed E-state index contributed by atoms with van der Waals surface area (Å²) in [6.45, 7) is 0.801. The molecule has 3 rings (SSSR count). The Balaban J connectivity index is 1.87. The van der Waals surface area contributed by atoms with Gasteiger partial charge in [-0.15, -0.1) is 0 Å². The van der Waals surface area contributed by atoms with E-state index >= 15 is 0 Å². The van der Waals surface area contributed by atoms with E-state index in [9.17, 15) is 9.90 Å². The SMILES string of the molecule is O=C(O)C1NCCC1c1cccc(C2CC2)c1. The highest BCUT2D eigenvalue weighted by Crippen LogP contribution is 2.41. The van der Waals surface area contributed by atoms with Crippen LogP contribution < -0.4 is 5.32 Å². The molecule has 2 N–H and O–H groups in total. The van der Waals surface area contributed by atoms with Gasteiger partial charge in [-0.25, -0.2) is 0 Å². The number of aliphatic carboxylic acids is 1. The number of hydrogen-bond donors (Lipinski definition) is 2. The van der Waals surface area contributed by atoms with Gasteiger partial charge >= 0.3 is 5.97 Å². The number of nitrogens with one attached hydrogen (secondary N) is 1. The third-order valence-electron chi connectivity index (χ3n) is 3.88. The number of rotatable bonds is 3. The fourth-order valence-corrected chi connectivity index (χ4v) is 2.78. The van der Waals surface area contributed by atoms with Gasteiger partial charge in [-0.1, -0.05) is 24.3 Å². The second-order valence-electron chi connectivity index (χ2n) is 5.11. The summed E-state index contributed by atoms with van der Waals surface area (Å²) in [4.78, 5) is 11.2. The van der Waals surface area contributed by atoms with E-state index in [1.54, 1.807) is 0 Å². The molecule has 90 valence electrons. The standard InChI is InChI=1S/C14H17NO2/c16-14(17)13-12(6-7-15-13)11-3-1-2-10(8-11)9-4-5-9/h1-3,8-9,12-13,15H,4-7H2,(H,16,17). The highest BCUT2D eigenvalue weighted by molar-refractivity contribution is 5.75. The Labute approximate surface area is 101 Å². The fourth-order valence-electron chi connectivity index (χ4n) is 2.78. The van der Waals surface area contributed by atoms with E-state index in [1.807, 2.05) is 0 Å². The van der Waals surface area contributed by atoms with Gasteiger partial charge in [0.05, 0.1) is 0 Å². The van der Waals surface area contributed by atoms with Gasteiger partial charge in [0, 0.05) is 5.92 Å². The van der Waals surface area contributed by atoms with Crippen molar-refractivity contribution < 1.29 is 9.90 Å². The van der Waals surface area contributed by atoms with Crippen molar-refractivity contribution in [1.82, 2.24) is 5.32 Å². The molecule has 2 atom stereocenters. The third-order valence-corrected chi connectivity index (χ3v) is 3.88. The molecule has 0 bridgehead atoms. The number of hydrogen-bond acceptors (Lipinski definition) is 2. The van der Waals surface area contributed by atoms with Crippen LogP contribution in [-0.4, -0.2) is 23.7 Å². The molecule has 1 aromatic rings. The van der Waals surface area contributed by atoms with E-state index in [2.05, 4.69) is 29.6 Å². The maximum absolute atomic E-state index is 11.2. The van der Waals surface area contributed by atoms with E-state index in [1.165, 1.54) is 24.0 Å². The number of carboxylic acid groups (broad SMARTS) is 1. The zero-order valence-electron chi connectivity index (χ0n) is 9.73. The third kappa shape index (κ3) is 2.07. The molecule has 1 aromatic carbocycles. The molecule has 2 unspecified atom stereocenters. The van der Waals surface area contributed by atoms with Crippen molar-refractivity contribution in [2.24, 2.45) is 0 Å². The number of carboxylic acids is 1. The second kappa shape index (κ2) is 4.15. The van der Waals surface area contributed by atoms with Crippen LogP contribution in [0.4, 0.5) is 0 Å². The zero-order chi connectivity index (χ0) is 11.8. The largest absolute Gasteiger partial charge is 0.480 e. The summed E-state index contributed by atoms with van der Waals surface area (Å²) >= 11 is 0. The van der Waals surface area contributed by atoms with Crippen LogP contribution in [0.2, 0.25) is 0 Å². The van der Waals surface area contributed by atoms with Crippen molar-refractivity contribution in [3.8, 4) is 0 Å². The first-order valence-electron chi connectivity index (χ1n) is 6.32. The average molecular weight is 231 g/mol. The highest BCUT2D eigenvalue weighted by atomic mass is 16.4. The van der Waals surface area contributed by atoms with Gasteiger partial charge in [-0.05, 0) is 42.9 Å². The molecule has 0 amide bonds. The van der Waals surface area contributed by atoms with Gasteiger partial charge in [-0.2, -0.15) is 0 Å². The average Bonchev–Trinajstić information content (AvgIpc) is 3.06. The molecule has 17 heavy (non-hydrogen) atoms. The van der Waals surface area contributed by atoms with Gasteiger partial charge in [0.25, 0.3) is 0 Å². The van der Waals surface area contributed by atoms with Crippen LogP contribution in [0, 0.1) is 0 Å². The molecule has 0 radical (unpaired) electrons. The van der Waals surface area contributed by atoms with E-state index < -0.39 is 12.0 Å². The molecule has 1 aliphatic heterocycles. The lowest BCUT2D eigenvalue weighted by molar-refractivity contribution is -0.139. The van der Waals surface area contributed by atoms with Crippen LogP contribution in [-0.2, 0) is 4.79 Å². The Hall–Kier alpha value is -1.35. The van der Waals surface area contributed by atoms with Crippen molar-refractivity contribution in [3.05, 3.63) is 35.4 Å². The molecule has 2 aliphatic rings. The molecular weight excluding hydrogens is 214 g/mol. The molecule has 1 heterocycles. The van der Waals surface area contributed by atoms with Crippen LogP contribution in [0.3, 0.4) is 0 Å². The minimum absolute atomic E-state index is 0.131. The first-order valence-corrected chi connectivity index (χ1v) is 6.32. The van der Waals surface area contributed by atoms with Gasteiger partial charge in [0.15, 0.2) is 0 Å². The van der Waals surface area contributed by atoms with Crippen LogP contribution in [0.5, 0.6) is 0 Å². The van der Waals surface area contributed by atoms with Crippen LogP contribution in [0.1, 0.15) is 42.2 Å². The summed E-state index contributed by atoms with van der Waals surface area (Å²) in [5.41, 5.74) is 2.57. The molecule has 3 heteroatoms. The number of benzene rings is 1. The molecule has 1 saturated heterocycles. The maximum atomic E-state index is 11.2. The maximum Gasteiger partial charge on any atom is 0.321 e. The van der Waals surface area contributed by atoms with Gasteiger partial charge in [0.2, 0.25) is 0 Å². The Bertz CT molecular complexity index is 440. The van der Waals surface area contributed by atoms with Crippen molar-refractivity contribution in [2.45, 2.75) is 37.1 Å². The van der Waals surface area contributed by atoms with E-state index in [0.717, 1.165) is 18.9 Å². The fraction of sp³-hybridized carbons (Fsp3) is 0.500. The Morgan fingerprint density at radius 1 is 1.24 bits per heavy atom. The highest BCUT2D eigenvalue weighted by Gasteiger charge is 2.34. The van der Waals surface area contributed by atoms with Crippen LogP contribution in [0.25, 0.3) is 0 Å². The summed E-state index contributed by atoms with van der Waals surface area (Å²) in [6, 6.07) is 8.11. The second-order valence-corrected chi connectivity index (χ2v) is 5.11. The van der Waals surface area contributed by atoms with Crippen LogP contribution in [0.15, 0.2) is 24.3 Å². The normalized spacial score (nSPS) is 28.2.